The van der Waals surface area contributed by atoms with Gasteiger partial charge in [-0.15, -0.1) is 0 Å². The van der Waals surface area contributed by atoms with Crippen LogP contribution in [0.4, 0.5) is 0 Å². The van der Waals surface area contributed by atoms with E-state index in [2.05, 4.69) is 4.72 Å². The molecule has 22 heavy (non-hydrogen) atoms. The Kier molecular flexibility index (Phi) is 6.58. The van der Waals surface area contributed by atoms with Gasteiger partial charge in [0.15, 0.2) is 0 Å². The summed E-state index contributed by atoms with van der Waals surface area (Å²) in [5.74, 6) is -0.245. The number of carbonyl (C=O) groups is 1. The number of carbonyl (C=O) groups excluding carboxylic acids is 1. The summed E-state index contributed by atoms with van der Waals surface area (Å²) < 4.78 is 29.0. The van der Waals surface area contributed by atoms with Crippen LogP contribution in [0.2, 0.25) is 0 Å². The van der Waals surface area contributed by atoms with Crippen molar-refractivity contribution in [3.05, 3.63) is 18.0 Å². The van der Waals surface area contributed by atoms with Gasteiger partial charge in [0.05, 0.1) is 0 Å². The maximum absolute atomic E-state index is 12.4. The van der Waals surface area contributed by atoms with Crippen molar-refractivity contribution in [2.45, 2.75) is 37.1 Å². The van der Waals surface area contributed by atoms with Gasteiger partial charge in [0.1, 0.15) is 10.6 Å². The number of hydrogen-bond acceptors (Lipinski definition) is 4. The van der Waals surface area contributed by atoms with Crippen LogP contribution in [0.3, 0.4) is 0 Å². The number of amides is 1. The second-order valence-corrected chi connectivity index (χ2v) is 7.28. The summed E-state index contributed by atoms with van der Waals surface area (Å²) in [5.41, 5.74) is 5.95. The Balaban J connectivity index is 2.98. The largest absolute Gasteiger partial charge is 0.345 e. The van der Waals surface area contributed by atoms with Gasteiger partial charge in [-0.2, -0.15) is 0 Å². The molecule has 0 aliphatic rings. The van der Waals surface area contributed by atoms with Crippen LogP contribution in [0, 0.1) is 0 Å². The van der Waals surface area contributed by atoms with Gasteiger partial charge in [0.25, 0.3) is 5.91 Å². The second kappa shape index (κ2) is 7.75. The molecule has 0 aromatic carbocycles. The van der Waals surface area contributed by atoms with Crippen LogP contribution in [-0.2, 0) is 17.1 Å². The molecule has 0 saturated heterocycles. The number of aromatic nitrogens is 1. The predicted molar refractivity (Wildman–Crippen MR) is 86.1 cm³/mol. The van der Waals surface area contributed by atoms with Gasteiger partial charge in [-0.3, -0.25) is 4.79 Å². The molecule has 1 heterocycles. The fourth-order valence-electron chi connectivity index (χ4n) is 2.09. The van der Waals surface area contributed by atoms with Gasteiger partial charge in [0.2, 0.25) is 10.0 Å². The monoisotopic (exact) mass is 330 g/mol. The highest BCUT2D eigenvalue weighted by Gasteiger charge is 2.23. The molecule has 0 aliphatic carbocycles. The molecule has 3 N–H and O–H groups in total. The molecular weight excluding hydrogens is 304 g/mol. The molecule has 7 nitrogen and oxygen atoms in total. The second-order valence-electron chi connectivity index (χ2n) is 5.57. The lowest BCUT2D eigenvalue weighted by Crippen LogP contribution is -2.40. The summed E-state index contributed by atoms with van der Waals surface area (Å²) in [6.45, 7) is 2.29. The predicted octanol–water partition coefficient (Wildman–Crippen LogP) is 0.523. The van der Waals surface area contributed by atoms with Crippen LogP contribution >= 0.6 is 0 Å². The minimum absolute atomic E-state index is 0.0788. The van der Waals surface area contributed by atoms with E-state index in [1.165, 1.54) is 21.7 Å². The lowest BCUT2D eigenvalue weighted by molar-refractivity contribution is 0.0818. The minimum atomic E-state index is -3.68. The molecule has 8 heteroatoms. The van der Waals surface area contributed by atoms with E-state index in [0.29, 0.717) is 12.1 Å². The van der Waals surface area contributed by atoms with Crippen molar-refractivity contribution >= 4 is 15.9 Å². The number of nitrogens with one attached hydrogen (secondary N) is 1. The maximum atomic E-state index is 12.4. The van der Waals surface area contributed by atoms with Crippen LogP contribution in [0.25, 0.3) is 0 Å². The molecule has 1 aromatic heterocycles. The topological polar surface area (TPSA) is 97.4 Å². The van der Waals surface area contributed by atoms with Crippen LogP contribution in [0.15, 0.2) is 17.2 Å². The van der Waals surface area contributed by atoms with Crippen LogP contribution < -0.4 is 10.5 Å². The SMILES string of the molecule is CCCCC(CN)NS(=O)(=O)c1cc(C(=O)N(C)C)n(C)c1. The van der Waals surface area contributed by atoms with Crippen molar-refractivity contribution in [2.24, 2.45) is 12.8 Å². The van der Waals surface area contributed by atoms with E-state index in [0.717, 1.165) is 12.8 Å². The van der Waals surface area contributed by atoms with Crippen molar-refractivity contribution in [1.82, 2.24) is 14.2 Å². The fourth-order valence-corrected chi connectivity index (χ4v) is 3.44. The highest BCUT2D eigenvalue weighted by Crippen LogP contribution is 2.15. The Morgan fingerprint density at radius 1 is 1.45 bits per heavy atom. The molecule has 0 spiro atoms. The molecule has 1 aromatic rings. The zero-order valence-electron chi connectivity index (χ0n) is 13.7. The van der Waals surface area contributed by atoms with Crippen LogP contribution in [0.1, 0.15) is 36.7 Å². The van der Waals surface area contributed by atoms with E-state index in [-0.39, 0.29) is 23.4 Å². The van der Waals surface area contributed by atoms with Gasteiger partial charge in [-0.05, 0) is 12.5 Å². The number of nitrogens with two attached hydrogens (primary N) is 1. The lowest BCUT2D eigenvalue weighted by Gasteiger charge is -2.15. The summed E-state index contributed by atoms with van der Waals surface area (Å²) in [7, 11) is 1.21. The Morgan fingerprint density at radius 3 is 2.59 bits per heavy atom. The highest BCUT2D eigenvalue weighted by molar-refractivity contribution is 7.89. The standard InChI is InChI=1S/C14H26N4O3S/c1-5-6-7-11(9-15)16-22(20,21)12-8-13(18(4)10-12)14(19)17(2)3/h8,10-11,16H,5-7,9,15H2,1-4H3. The first-order valence-corrected chi connectivity index (χ1v) is 8.81. The number of unbranched alkanes of at least 4 members (excludes halogenated alkanes) is 1. The molecule has 0 aliphatic heterocycles. The Bertz CT molecular complexity index is 608. The van der Waals surface area contributed by atoms with Gasteiger partial charge in [-0.1, -0.05) is 19.8 Å². The molecule has 1 atom stereocenters. The van der Waals surface area contributed by atoms with E-state index in [9.17, 15) is 13.2 Å². The third-order valence-electron chi connectivity index (χ3n) is 3.43. The molecule has 1 amide bonds. The number of hydrogen-bond donors (Lipinski definition) is 2. The molecule has 0 saturated carbocycles. The van der Waals surface area contributed by atoms with Gasteiger partial charge < -0.3 is 15.2 Å². The van der Waals surface area contributed by atoms with Crippen molar-refractivity contribution < 1.29 is 13.2 Å². The smallest absolute Gasteiger partial charge is 0.269 e. The Hall–Kier alpha value is -1.38. The summed E-state index contributed by atoms with van der Waals surface area (Å²) >= 11 is 0. The van der Waals surface area contributed by atoms with Crippen molar-refractivity contribution in [3.63, 3.8) is 0 Å². The maximum Gasteiger partial charge on any atom is 0.269 e. The third-order valence-corrected chi connectivity index (χ3v) is 4.92. The molecule has 126 valence electrons. The summed E-state index contributed by atoms with van der Waals surface area (Å²) in [5, 5.41) is 0. The molecule has 0 fully saturated rings. The van der Waals surface area contributed by atoms with E-state index in [4.69, 9.17) is 5.73 Å². The zero-order chi connectivity index (χ0) is 16.9. The third kappa shape index (κ3) is 4.56. The van der Waals surface area contributed by atoms with Crippen molar-refractivity contribution in [3.8, 4) is 0 Å². The van der Waals surface area contributed by atoms with Crippen LogP contribution in [-0.4, -0.2) is 50.5 Å². The molecular formula is C14H26N4O3S. The highest BCUT2D eigenvalue weighted by atomic mass is 32.2. The summed E-state index contributed by atoms with van der Waals surface area (Å²) in [6.07, 6.45) is 4.02. The lowest BCUT2D eigenvalue weighted by atomic mass is 10.1. The number of nitrogens with zero attached hydrogens (tertiary/aromatic N) is 2. The number of aryl methyl sites for hydroxylation is 1. The van der Waals surface area contributed by atoms with Crippen LogP contribution in [0.5, 0.6) is 0 Å². The summed E-state index contributed by atoms with van der Waals surface area (Å²) in [4.78, 5) is 13.5. The summed E-state index contributed by atoms with van der Waals surface area (Å²) in [6, 6.07) is 1.09. The van der Waals surface area contributed by atoms with E-state index >= 15 is 0 Å². The van der Waals surface area contributed by atoms with E-state index < -0.39 is 10.0 Å². The van der Waals surface area contributed by atoms with E-state index in [1.807, 2.05) is 6.92 Å². The normalized spacial score (nSPS) is 13.1. The van der Waals surface area contributed by atoms with Gasteiger partial charge >= 0.3 is 0 Å². The first-order valence-electron chi connectivity index (χ1n) is 7.33. The first kappa shape index (κ1) is 18.7. The average molecular weight is 330 g/mol. The van der Waals surface area contributed by atoms with Gasteiger partial charge in [0, 0.05) is 39.9 Å². The minimum Gasteiger partial charge on any atom is -0.345 e. The van der Waals surface area contributed by atoms with Gasteiger partial charge in [-0.25, -0.2) is 13.1 Å². The fraction of sp³-hybridized carbons (Fsp3) is 0.643. The molecule has 0 bridgehead atoms. The first-order chi connectivity index (χ1) is 10.2. The number of sulfonamides is 1. The Labute approximate surface area is 132 Å². The molecule has 0 radical (unpaired) electrons. The van der Waals surface area contributed by atoms with Crippen molar-refractivity contribution in [1.29, 1.82) is 0 Å². The quantitative estimate of drug-likeness (QED) is 0.726. The van der Waals surface area contributed by atoms with Crippen molar-refractivity contribution in [2.75, 3.05) is 20.6 Å². The number of rotatable bonds is 8. The zero-order valence-corrected chi connectivity index (χ0v) is 14.5. The molecule has 1 rings (SSSR count). The Morgan fingerprint density at radius 2 is 2.09 bits per heavy atom. The average Bonchev–Trinajstić information content (AvgIpc) is 2.85. The molecule has 1 unspecified atom stereocenters. The van der Waals surface area contributed by atoms with E-state index in [1.54, 1.807) is 21.1 Å².